The normalized spacial score (nSPS) is 10.8. The third kappa shape index (κ3) is 2.82. The van der Waals surface area contributed by atoms with E-state index in [4.69, 9.17) is 0 Å². The molecule has 0 saturated carbocycles. The van der Waals surface area contributed by atoms with Crippen LogP contribution in [-0.2, 0) is 11.8 Å². The summed E-state index contributed by atoms with van der Waals surface area (Å²) < 4.78 is 0. The summed E-state index contributed by atoms with van der Waals surface area (Å²) in [4.78, 5) is 0. The first kappa shape index (κ1) is 9.53. The van der Waals surface area contributed by atoms with Crippen LogP contribution in [0.3, 0.4) is 0 Å². The van der Waals surface area contributed by atoms with E-state index < -0.39 is 0 Å². The molecule has 0 aliphatic heterocycles. The number of hydrogen-bond donors (Lipinski definition) is 0. The van der Waals surface area contributed by atoms with Crippen molar-refractivity contribution in [1.82, 2.24) is 0 Å². The summed E-state index contributed by atoms with van der Waals surface area (Å²) in [5.41, 5.74) is 2.72. The van der Waals surface area contributed by atoms with E-state index in [1.807, 2.05) is 6.92 Å². The molecular formula is C11H13Br. The summed E-state index contributed by atoms with van der Waals surface area (Å²) >= 11 is 3.44. The van der Waals surface area contributed by atoms with Crippen LogP contribution in [0.1, 0.15) is 18.1 Å². The van der Waals surface area contributed by atoms with E-state index in [1.54, 1.807) is 0 Å². The van der Waals surface area contributed by atoms with E-state index in [0.29, 0.717) is 0 Å². The Morgan fingerprint density at radius 2 is 2.08 bits per heavy atom. The van der Waals surface area contributed by atoms with E-state index >= 15 is 0 Å². The number of alkyl halides is 1. The van der Waals surface area contributed by atoms with Crippen molar-refractivity contribution in [2.75, 3.05) is 0 Å². The van der Waals surface area contributed by atoms with E-state index in [0.717, 1.165) is 11.8 Å². The fourth-order valence-corrected chi connectivity index (χ4v) is 1.44. The first-order valence-electron chi connectivity index (χ1n) is 4.11. The quantitative estimate of drug-likeness (QED) is 0.543. The van der Waals surface area contributed by atoms with Crippen molar-refractivity contribution < 1.29 is 0 Å². The fraction of sp³-hybridized carbons (Fsp3) is 0.273. The van der Waals surface area contributed by atoms with Crippen LogP contribution < -0.4 is 0 Å². The summed E-state index contributed by atoms with van der Waals surface area (Å²) in [5.74, 6) is 0. The number of hydrogen-bond acceptors (Lipinski definition) is 0. The van der Waals surface area contributed by atoms with Crippen molar-refractivity contribution in [3.8, 4) is 0 Å². The maximum absolute atomic E-state index is 3.44. The minimum atomic E-state index is 0.941. The van der Waals surface area contributed by atoms with Crippen molar-refractivity contribution in [2.45, 2.75) is 18.7 Å². The zero-order chi connectivity index (χ0) is 8.81. The largest absolute Gasteiger partial charge is 0.0913 e. The van der Waals surface area contributed by atoms with Crippen LogP contribution in [0.25, 0.3) is 0 Å². The van der Waals surface area contributed by atoms with Gasteiger partial charge in [-0.15, -0.1) is 0 Å². The van der Waals surface area contributed by atoms with E-state index in [9.17, 15) is 0 Å². The Morgan fingerprint density at radius 1 is 1.33 bits per heavy atom. The molecule has 0 aliphatic carbocycles. The Hall–Kier alpha value is -0.560. The van der Waals surface area contributed by atoms with Gasteiger partial charge in [-0.2, -0.15) is 0 Å². The molecular weight excluding hydrogens is 212 g/mol. The van der Waals surface area contributed by atoms with Gasteiger partial charge in [-0.25, -0.2) is 0 Å². The van der Waals surface area contributed by atoms with Crippen LogP contribution in [0.15, 0.2) is 36.4 Å². The van der Waals surface area contributed by atoms with E-state index in [2.05, 4.69) is 52.3 Å². The van der Waals surface area contributed by atoms with Gasteiger partial charge < -0.3 is 0 Å². The van der Waals surface area contributed by atoms with Gasteiger partial charge in [0, 0.05) is 5.33 Å². The molecule has 0 N–H and O–H groups in total. The second-order valence-corrected chi connectivity index (χ2v) is 3.29. The lowest BCUT2D eigenvalue weighted by Gasteiger charge is -1.98. The molecule has 64 valence electrons. The molecule has 1 heteroatoms. The molecule has 1 aromatic carbocycles. The van der Waals surface area contributed by atoms with Gasteiger partial charge in [0.1, 0.15) is 0 Å². The Labute approximate surface area is 82.4 Å². The molecule has 0 bridgehead atoms. The van der Waals surface area contributed by atoms with Crippen LogP contribution >= 0.6 is 15.9 Å². The topological polar surface area (TPSA) is 0 Å². The lowest BCUT2D eigenvalue weighted by atomic mass is 10.1. The van der Waals surface area contributed by atoms with Gasteiger partial charge in [-0.1, -0.05) is 52.3 Å². The smallest absolute Gasteiger partial charge is 0.0283 e. The number of allylic oxidation sites excluding steroid dienone is 2. The number of halogens is 1. The third-order valence-electron chi connectivity index (χ3n) is 1.73. The van der Waals surface area contributed by atoms with Crippen LogP contribution in [-0.4, -0.2) is 0 Å². The molecule has 0 fully saturated rings. The average molecular weight is 225 g/mol. The van der Waals surface area contributed by atoms with Crippen molar-refractivity contribution in [2.24, 2.45) is 0 Å². The molecule has 0 amide bonds. The molecule has 0 nitrogen and oxygen atoms in total. The molecule has 0 saturated heterocycles. The van der Waals surface area contributed by atoms with Gasteiger partial charge in [0.25, 0.3) is 0 Å². The van der Waals surface area contributed by atoms with E-state index in [1.165, 1.54) is 11.1 Å². The summed E-state index contributed by atoms with van der Waals surface area (Å²) in [5, 5.41) is 0.941. The van der Waals surface area contributed by atoms with Gasteiger partial charge >= 0.3 is 0 Å². The van der Waals surface area contributed by atoms with Crippen molar-refractivity contribution in [3.63, 3.8) is 0 Å². The van der Waals surface area contributed by atoms with Crippen LogP contribution in [0.4, 0.5) is 0 Å². The second-order valence-electron chi connectivity index (χ2n) is 2.73. The number of rotatable bonds is 3. The van der Waals surface area contributed by atoms with Gasteiger partial charge in [-0.3, -0.25) is 0 Å². The van der Waals surface area contributed by atoms with Crippen LogP contribution in [0.2, 0.25) is 0 Å². The zero-order valence-electron chi connectivity index (χ0n) is 7.26. The Morgan fingerprint density at radius 3 is 2.75 bits per heavy atom. The highest BCUT2D eigenvalue weighted by molar-refractivity contribution is 9.08. The summed E-state index contributed by atoms with van der Waals surface area (Å²) in [7, 11) is 0. The van der Waals surface area contributed by atoms with Crippen molar-refractivity contribution in [3.05, 3.63) is 47.5 Å². The van der Waals surface area contributed by atoms with Crippen molar-refractivity contribution >= 4 is 15.9 Å². The lowest BCUT2D eigenvalue weighted by Crippen LogP contribution is -1.83. The minimum absolute atomic E-state index is 0.941. The minimum Gasteiger partial charge on any atom is -0.0913 e. The maximum atomic E-state index is 3.44. The molecule has 12 heavy (non-hydrogen) atoms. The van der Waals surface area contributed by atoms with Gasteiger partial charge in [0.15, 0.2) is 0 Å². The first-order chi connectivity index (χ1) is 5.86. The molecule has 0 aliphatic rings. The summed E-state index contributed by atoms with van der Waals surface area (Å²) in [6.45, 7) is 2.05. The first-order valence-corrected chi connectivity index (χ1v) is 5.24. The van der Waals surface area contributed by atoms with Crippen molar-refractivity contribution in [1.29, 1.82) is 0 Å². The third-order valence-corrected chi connectivity index (χ3v) is 2.38. The predicted molar refractivity (Wildman–Crippen MR) is 57.6 cm³/mol. The zero-order valence-corrected chi connectivity index (χ0v) is 8.84. The maximum Gasteiger partial charge on any atom is 0.0283 e. The highest BCUT2D eigenvalue weighted by Gasteiger charge is 1.91. The summed E-state index contributed by atoms with van der Waals surface area (Å²) in [6.07, 6.45) is 5.30. The highest BCUT2D eigenvalue weighted by Crippen LogP contribution is 2.09. The Kier molecular flexibility index (Phi) is 4.09. The summed E-state index contributed by atoms with van der Waals surface area (Å²) in [6, 6.07) is 8.63. The second kappa shape index (κ2) is 5.15. The molecule has 0 unspecified atom stereocenters. The standard InChI is InChI=1S/C11H13Br/c1-2-3-5-10-6-4-7-11(8-10)9-12/h2-4,6-8H,5,9H2,1H3/b3-2-. The van der Waals surface area contributed by atoms with Crippen LogP contribution in [0.5, 0.6) is 0 Å². The van der Waals surface area contributed by atoms with Gasteiger partial charge in [0.05, 0.1) is 0 Å². The highest BCUT2D eigenvalue weighted by atomic mass is 79.9. The fourth-order valence-electron chi connectivity index (χ4n) is 1.09. The molecule has 0 heterocycles. The molecule has 0 spiro atoms. The molecule has 0 aromatic heterocycles. The van der Waals surface area contributed by atoms with Gasteiger partial charge in [0.2, 0.25) is 0 Å². The molecule has 1 rings (SSSR count). The molecule has 0 atom stereocenters. The van der Waals surface area contributed by atoms with Crippen LogP contribution in [0, 0.1) is 0 Å². The Balaban J connectivity index is 2.72. The van der Waals surface area contributed by atoms with E-state index in [-0.39, 0.29) is 0 Å². The lowest BCUT2D eigenvalue weighted by molar-refractivity contribution is 1.24. The Bertz CT molecular complexity index is 263. The molecule has 0 radical (unpaired) electrons. The number of benzene rings is 1. The predicted octanol–water partition coefficient (Wildman–Crippen LogP) is 3.70. The molecule has 1 aromatic rings. The SMILES string of the molecule is C/C=C\Cc1cccc(CBr)c1. The van der Waals surface area contributed by atoms with Gasteiger partial charge in [-0.05, 0) is 24.5 Å². The average Bonchev–Trinajstić information content (AvgIpc) is 2.15. The monoisotopic (exact) mass is 224 g/mol.